The Morgan fingerprint density at radius 2 is 2.40 bits per heavy atom. The number of hydrogen-bond acceptors (Lipinski definition) is 4. The average molecular weight is 143 g/mol. The number of amidine groups is 1. The van der Waals surface area contributed by atoms with Gasteiger partial charge in [-0.1, -0.05) is 0 Å². The van der Waals surface area contributed by atoms with Gasteiger partial charge in [-0.2, -0.15) is 0 Å². The second kappa shape index (κ2) is 4.49. The van der Waals surface area contributed by atoms with E-state index in [4.69, 9.17) is 0 Å². The van der Waals surface area contributed by atoms with Crippen LogP contribution in [-0.2, 0) is 0 Å². The summed E-state index contributed by atoms with van der Waals surface area (Å²) < 4.78 is 0. The Balaban J connectivity index is 3.92. The highest BCUT2D eigenvalue weighted by molar-refractivity contribution is 5.71. The molecule has 5 nitrogen and oxygen atoms in total. The molecule has 0 rings (SSSR count). The molecule has 0 aliphatic rings. The van der Waals surface area contributed by atoms with Gasteiger partial charge in [0.05, 0.1) is 0 Å². The fourth-order valence-electron chi connectivity index (χ4n) is 0.267. The third-order valence-electron chi connectivity index (χ3n) is 0.767. The van der Waals surface area contributed by atoms with Crippen LogP contribution in [0.25, 0.3) is 0 Å². The van der Waals surface area contributed by atoms with Gasteiger partial charge in [0.15, 0.2) is 6.20 Å². The lowest BCUT2D eigenvalue weighted by molar-refractivity contribution is -0.351. The van der Waals surface area contributed by atoms with Crippen LogP contribution >= 0.6 is 0 Å². The molecule has 56 valence electrons. The maximum absolute atomic E-state index is 9.91. The summed E-state index contributed by atoms with van der Waals surface area (Å²) in [6, 6.07) is 0. The highest BCUT2D eigenvalue weighted by atomic mass is 16.6. The molecule has 0 bridgehead atoms. The number of nitrogens with zero attached hydrogens (tertiary/aromatic N) is 2. The molecule has 0 atom stereocenters. The molecule has 0 saturated carbocycles. The molecule has 0 spiro atoms. The quantitative estimate of drug-likeness (QED) is 0.263. The third-order valence-corrected chi connectivity index (χ3v) is 0.767. The fourth-order valence-corrected chi connectivity index (χ4v) is 0.267. The van der Waals surface area contributed by atoms with Crippen LogP contribution in [0.5, 0.6) is 0 Å². The fraction of sp³-hybridized carbons (Fsp3) is 0.400. The Morgan fingerprint density at radius 3 is 2.80 bits per heavy atom. The van der Waals surface area contributed by atoms with Crippen molar-refractivity contribution >= 4 is 5.84 Å². The van der Waals surface area contributed by atoms with Gasteiger partial charge >= 0.3 is 5.84 Å². The number of nitrogens with one attached hydrogen (secondary N) is 1. The Labute approximate surface area is 58.6 Å². The van der Waals surface area contributed by atoms with E-state index in [9.17, 15) is 10.1 Å². The number of nitro groups is 1. The van der Waals surface area contributed by atoms with Gasteiger partial charge in [0.25, 0.3) is 0 Å². The lowest BCUT2D eigenvalue weighted by atomic mass is 10.7. The van der Waals surface area contributed by atoms with Crippen molar-refractivity contribution in [1.82, 2.24) is 5.32 Å². The Kier molecular flexibility index (Phi) is 3.86. The summed E-state index contributed by atoms with van der Waals surface area (Å²) >= 11 is 0. The molecular weight excluding hydrogens is 134 g/mol. The Hall–Kier alpha value is -1.39. The van der Waals surface area contributed by atoms with Gasteiger partial charge in [-0.15, -0.1) is 0 Å². The molecular formula is C5H9N3O2. The Bertz CT molecular complexity index is 174. The van der Waals surface area contributed by atoms with Gasteiger partial charge in [0.1, 0.15) is 0 Å². The van der Waals surface area contributed by atoms with Gasteiger partial charge in [-0.3, -0.25) is 0 Å². The van der Waals surface area contributed by atoms with Crippen molar-refractivity contribution in [3.05, 3.63) is 22.5 Å². The zero-order valence-electron chi connectivity index (χ0n) is 5.87. The van der Waals surface area contributed by atoms with Crippen molar-refractivity contribution < 1.29 is 4.92 Å². The number of hydrogen-bond donors (Lipinski definition) is 1. The van der Waals surface area contributed by atoms with Crippen molar-refractivity contribution in [2.75, 3.05) is 7.05 Å². The van der Waals surface area contributed by atoms with Crippen LogP contribution in [-0.4, -0.2) is 17.8 Å². The molecule has 10 heavy (non-hydrogen) atoms. The van der Waals surface area contributed by atoms with E-state index in [0.29, 0.717) is 0 Å². The van der Waals surface area contributed by atoms with Crippen molar-refractivity contribution in [3.8, 4) is 0 Å². The molecule has 5 heteroatoms. The van der Waals surface area contributed by atoms with Crippen molar-refractivity contribution in [3.63, 3.8) is 0 Å². The predicted octanol–water partition coefficient (Wildman–Crippen LogP) is 0.372. The monoisotopic (exact) mass is 143 g/mol. The average Bonchev–Trinajstić information content (AvgIpc) is 1.88. The van der Waals surface area contributed by atoms with E-state index in [1.807, 2.05) is 0 Å². The smallest absolute Gasteiger partial charge is 0.335 e. The lowest BCUT2D eigenvalue weighted by Gasteiger charge is -1.86. The zero-order chi connectivity index (χ0) is 7.98. The highest BCUT2D eigenvalue weighted by Gasteiger charge is 1.97. The van der Waals surface area contributed by atoms with Crippen LogP contribution in [0.15, 0.2) is 17.4 Å². The van der Waals surface area contributed by atoms with Gasteiger partial charge in [-0.05, 0) is 9.92 Å². The molecule has 0 radical (unpaired) electrons. The first-order valence-corrected chi connectivity index (χ1v) is 2.69. The number of rotatable bonds is 2. The molecule has 0 aromatic heterocycles. The van der Waals surface area contributed by atoms with E-state index in [0.717, 1.165) is 0 Å². The highest BCUT2D eigenvalue weighted by Crippen LogP contribution is 1.79. The van der Waals surface area contributed by atoms with E-state index < -0.39 is 4.92 Å². The first-order valence-electron chi connectivity index (χ1n) is 2.69. The minimum atomic E-state index is -0.542. The SMILES string of the molecule is CN/C=C\N=C(C)[N+](=O)[O-]. The summed E-state index contributed by atoms with van der Waals surface area (Å²) in [6.07, 6.45) is 2.84. The van der Waals surface area contributed by atoms with Crippen LogP contribution in [0.2, 0.25) is 0 Å². The van der Waals surface area contributed by atoms with E-state index in [2.05, 4.69) is 10.3 Å². The summed E-state index contributed by atoms with van der Waals surface area (Å²) in [7, 11) is 1.69. The summed E-state index contributed by atoms with van der Waals surface area (Å²) in [6.45, 7) is 1.33. The summed E-state index contributed by atoms with van der Waals surface area (Å²) in [5.41, 5.74) is 0. The summed E-state index contributed by atoms with van der Waals surface area (Å²) in [5, 5.41) is 12.6. The largest absolute Gasteiger partial charge is 0.391 e. The van der Waals surface area contributed by atoms with E-state index in [-0.39, 0.29) is 5.84 Å². The lowest BCUT2D eigenvalue weighted by Crippen LogP contribution is -2.05. The second-order valence-electron chi connectivity index (χ2n) is 1.54. The van der Waals surface area contributed by atoms with Gasteiger partial charge in [0, 0.05) is 20.2 Å². The third kappa shape index (κ3) is 3.59. The molecule has 0 aliphatic carbocycles. The first kappa shape index (κ1) is 8.61. The number of aliphatic imine (C=N–C) groups is 1. The van der Waals surface area contributed by atoms with Crippen LogP contribution in [0.1, 0.15) is 6.92 Å². The molecule has 0 aromatic rings. The molecule has 0 saturated heterocycles. The zero-order valence-corrected chi connectivity index (χ0v) is 5.87. The molecule has 0 aliphatic heterocycles. The molecule has 0 unspecified atom stereocenters. The van der Waals surface area contributed by atoms with Crippen molar-refractivity contribution in [1.29, 1.82) is 0 Å². The molecule has 0 fully saturated rings. The minimum absolute atomic E-state index is 0.119. The van der Waals surface area contributed by atoms with Crippen LogP contribution in [0.3, 0.4) is 0 Å². The molecule has 1 N–H and O–H groups in total. The van der Waals surface area contributed by atoms with Gasteiger partial charge in [0.2, 0.25) is 0 Å². The second-order valence-corrected chi connectivity index (χ2v) is 1.54. The Morgan fingerprint density at radius 1 is 1.80 bits per heavy atom. The molecule has 0 heterocycles. The van der Waals surface area contributed by atoms with E-state index in [1.54, 1.807) is 7.05 Å². The van der Waals surface area contributed by atoms with Crippen LogP contribution in [0.4, 0.5) is 0 Å². The standard InChI is InChI=1S/C5H9N3O2/c1-5(8(9)10)7-4-3-6-2/h3-4,6H,1-2H3/b4-3-,7-5?. The normalized spacial score (nSPS) is 12.0. The van der Waals surface area contributed by atoms with Crippen LogP contribution < -0.4 is 5.32 Å². The minimum Gasteiger partial charge on any atom is -0.391 e. The maximum atomic E-state index is 9.91. The van der Waals surface area contributed by atoms with Crippen molar-refractivity contribution in [2.24, 2.45) is 4.99 Å². The van der Waals surface area contributed by atoms with Crippen molar-refractivity contribution in [2.45, 2.75) is 6.92 Å². The summed E-state index contributed by atoms with van der Waals surface area (Å²) in [4.78, 5) is 12.9. The summed E-state index contributed by atoms with van der Waals surface area (Å²) in [5.74, 6) is -0.119. The first-order chi connectivity index (χ1) is 4.68. The molecule has 0 amide bonds. The van der Waals surface area contributed by atoms with E-state index >= 15 is 0 Å². The maximum Gasteiger partial charge on any atom is 0.335 e. The topological polar surface area (TPSA) is 67.5 Å². The van der Waals surface area contributed by atoms with E-state index in [1.165, 1.54) is 19.3 Å². The predicted molar refractivity (Wildman–Crippen MR) is 38.3 cm³/mol. The molecule has 0 aromatic carbocycles. The van der Waals surface area contributed by atoms with Crippen LogP contribution in [0, 0.1) is 10.1 Å². The van der Waals surface area contributed by atoms with Gasteiger partial charge < -0.3 is 15.4 Å². The van der Waals surface area contributed by atoms with Gasteiger partial charge in [-0.25, -0.2) is 0 Å².